The van der Waals surface area contributed by atoms with E-state index in [1.54, 1.807) is 0 Å². The van der Waals surface area contributed by atoms with Gasteiger partial charge in [-0.25, -0.2) is 0 Å². The monoisotopic (exact) mass is 182 g/mol. The predicted octanol–water partition coefficient (Wildman–Crippen LogP) is 1.16. The van der Waals surface area contributed by atoms with Crippen molar-refractivity contribution in [1.82, 2.24) is 4.90 Å². The molecule has 0 N–H and O–H groups in total. The molecule has 0 saturated carbocycles. The highest BCUT2D eigenvalue weighted by Gasteiger charge is 2.32. The van der Waals surface area contributed by atoms with Crippen LogP contribution in [0.3, 0.4) is 0 Å². The predicted molar refractivity (Wildman–Crippen MR) is 48.3 cm³/mol. The molecule has 2 aliphatic heterocycles. The lowest BCUT2D eigenvalue weighted by Crippen LogP contribution is -2.55. The van der Waals surface area contributed by atoms with Gasteiger partial charge >= 0.3 is 0 Å². The summed E-state index contributed by atoms with van der Waals surface area (Å²) in [6, 6.07) is 0.881. The number of azide groups is 1. The second kappa shape index (κ2) is 3.96. The van der Waals surface area contributed by atoms with E-state index in [1.165, 1.54) is 0 Å². The number of likely N-dealkylation sites (tertiary alicyclic amines) is 1. The lowest BCUT2D eigenvalue weighted by molar-refractivity contribution is 0.00308. The average molecular weight is 182 g/mol. The molecule has 5 nitrogen and oxygen atoms in total. The van der Waals surface area contributed by atoms with Gasteiger partial charge in [-0.15, -0.1) is 0 Å². The fraction of sp³-hybridized carbons (Fsp3) is 1.00. The van der Waals surface area contributed by atoms with Crippen molar-refractivity contribution in [1.29, 1.82) is 0 Å². The van der Waals surface area contributed by atoms with E-state index in [0.717, 1.165) is 39.1 Å². The maximum atomic E-state index is 8.22. The largest absolute Gasteiger partial charge is 0.381 e. The van der Waals surface area contributed by atoms with Gasteiger partial charge in [-0.1, -0.05) is 5.11 Å². The lowest BCUT2D eigenvalue weighted by Gasteiger charge is -2.43. The summed E-state index contributed by atoms with van der Waals surface area (Å²) in [6.07, 6.45) is 2.26. The van der Waals surface area contributed by atoms with Gasteiger partial charge in [0.15, 0.2) is 0 Å². The molecule has 0 radical (unpaired) electrons. The van der Waals surface area contributed by atoms with Crippen LogP contribution in [0.5, 0.6) is 0 Å². The third kappa shape index (κ3) is 1.94. The number of hydrogen-bond donors (Lipinski definition) is 0. The van der Waals surface area contributed by atoms with Crippen LogP contribution in [-0.4, -0.2) is 43.3 Å². The molecule has 0 unspecified atom stereocenters. The van der Waals surface area contributed by atoms with Gasteiger partial charge in [-0.05, 0) is 18.4 Å². The zero-order valence-corrected chi connectivity index (χ0v) is 7.59. The second-order valence-corrected chi connectivity index (χ2v) is 3.66. The maximum Gasteiger partial charge on any atom is 0.0628 e. The van der Waals surface area contributed by atoms with Crippen molar-refractivity contribution in [2.75, 3.05) is 26.3 Å². The number of nitrogens with zero attached hydrogens (tertiary/aromatic N) is 4. The summed E-state index contributed by atoms with van der Waals surface area (Å²) < 4.78 is 5.28. The summed E-state index contributed by atoms with van der Waals surface area (Å²) in [5, 5.41) is 3.68. The Bertz CT molecular complexity index is 214. The molecule has 0 aromatic rings. The van der Waals surface area contributed by atoms with E-state index >= 15 is 0 Å². The molecule has 0 atom stereocenters. The Hall–Kier alpha value is -0.770. The first-order valence-corrected chi connectivity index (χ1v) is 4.76. The molecule has 2 rings (SSSR count). The van der Waals surface area contributed by atoms with E-state index in [1.807, 2.05) is 0 Å². The molecule has 0 aliphatic carbocycles. The van der Waals surface area contributed by atoms with Crippen LogP contribution in [0.25, 0.3) is 10.4 Å². The van der Waals surface area contributed by atoms with Crippen LogP contribution in [0.1, 0.15) is 12.8 Å². The van der Waals surface area contributed by atoms with E-state index in [2.05, 4.69) is 14.9 Å². The standard InChI is InChI=1S/C8H14N4O/c9-11-10-7-5-12(6-7)8-1-3-13-4-2-8/h7-8H,1-6H2. The highest BCUT2D eigenvalue weighted by molar-refractivity contribution is 4.90. The van der Waals surface area contributed by atoms with Gasteiger partial charge in [0, 0.05) is 37.3 Å². The van der Waals surface area contributed by atoms with Crippen LogP contribution in [0, 0.1) is 0 Å². The van der Waals surface area contributed by atoms with Gasteiger partial charge in [-0.3, -0.25) is 4.90 Å². The van der Waals surface area contributed by atoms with Gasteiger partial charge in [-0.2, -0.15) is 0 Å². The second-order valence-electron chi connectivity index (χ2n) is 3.66. The fourth-order valence-electron chi connectivity index (χ4n) is 1.98. The van der Waals surface area contributed by atoms with Crippen LogP contribution >= 0.6 is 0 Å². The minimum absolute atomic E-state index is 0.216. The summed E-state index contributed by atoms with van der Waals surface area (Å²) in [6.45, 7) is 3.64. The zero-order chi connectivity index (χ0) is 9.10. The summed E-state index contributed by atoms with van der Waals surface area (Å²) in [4.78, 5) is 5.20. The smallest absolute Gasteiger partial charge is 0.0628 e. The Morgan fingerprint density at radius 3 is 2.62 bits per heavy atom. The molecule has 0 spiro atoms. The van der Waals surface area contributed by atoms with Gasteiger partial charge in [0.25, 0.3) is 0 Å². The van der Waals surface area contributed by atoms with Crippen molar-refractivity contribution < 1.29 is 4.74 Å². The molecule has 0 aromatic carbocycles. The third-order valence-electron chi connectivity index (χ3n) is 2.81. The van der Waals surface area contributed by atoms with Crippen molar-refractivity contribution in [2.45, 2.75) is 24.9 Å². The van der Waals surface area contributed by atoms with E-state index in [9.17, 15) is 0 Å². The van der Waals surface area contributed by atoms with E-state index in [4.69, 9.17) is 10.3 Å². The number of rotatable bonds is 2. The molecule has 5 heteroatoms. The van der Waals surface area contributed by atoms with Crippen LogP contribution in [-0.2, 0) is 4.74 Å². The summed E-state index contributed by atoms with van der Waals surface area (Å²) in [5.74, 6) is 0. The van der Waals surface area contributed by atoms with E-state index < -0.39 is 0 Å². The highest BCUT2D eigenvalue weighted by Crippen LogP contribution is 2.21. The van der Waals surface area contributed by atoms with Crippen molar-refractivity contribution >= 4 is 0 Å². The number of hydrogen-bond acceptors (Lipinski definition) is 3. The molecular weight excluding hydrogens is 168 g/mol. The minimum atomic E-state index is 0.216. The van der Waals surface area contributed by atoms with Crippen LogP contribution in [0.15, 0.2) is 5.11 Å². The Morgan fingerprint density at radius 1 is 1.31 bits per heavy atom. The maximum absolute atomic E-state index is 8.22. The molecule has 2 heterocycles. The molecular formula is C8H14N4O. The Labute approximate surface area is 77.3 Å². The van der Waals surface area contributed by atoms with Gasteiger partial charge < -0.3 is 4.74 Å². The highest BCUT2D eigenvalue weighted by atomic mass is 16.5. The van der Waals surface area contributed by atoms with Gasteiger partial charge in [0.1, 0.15) is 0 Å². The van der Waals surface area contributed by atoms with E-state index in [-0.39, 0.29) is 6.04 Å². The molecule has 0 amide bonds. The first kappa shape index (κ1) is 8.81. The fourth-order valence-corrected chi connectivity index (χ4v) is 1.98. The lowest BCUT2D eigenvalue weighted by atomic mass is 10.0. The van der Waals surface area contributed by atoms with Crippen LogP contribution in [0.2, 0.25) is 0 Å². The zero-order valence-electron chi connectivity index (χ0n) is 7.59. The molecule has 2 fully saturated rings. The molecule has 0 bridgehead atoms. The van der Waals surface area contributed by atoms with Crippen LogP contribution < -0.4 is 0 Å². The first-order valence-electron chi connectivity index (χ1n) is 4.76. The first-order chi connectivity index (χ1) is 6.40. The quantitative estimate of drug-likeness (QED) is 0.365. The SMILES string of the molecule is [N-]=[N+]=NC1CN(C2CCOCC2)C1. The summed E-state index contributed by atoms with van der Waals surface area (Å²) in [7, 11) is 0. The Balaban J connectivity index is 1.75. The van der Waals surface area contributed by atoms with Crippen molar-refractivity contribution in [3.8, 4) is 0 Å². The van der Waals surface area contributed by atoms with Gasteiger partial charge in [0.2, 0.25) is 0 Å². The van der Waals surface area contributed by atoms with Gasteiger partial charge in [0.05, 0.1) is 6.04 Å². The van der Waals surface area contributed by atoms with Crippen molar-refractivity contribution in [3.05, 3.63) is 10.4 Å². The van der Waals surface area contributed by atoms with E-state index in [0.29, 0.717) is 6.04 Å². The topological polar surface area (TPSA) is 61.2 Å². The minimum Gasteiger partial charge on any atom is -0.381 e. The number of ether oxygens (including phenoxy) is 1. The molecule has 2 aliphatic rings. The van der Waals surface area contributed by atoms with Crippen LogP contribution in [0.4, 0.5) is 0 Å². The van der Waals surface area contributed by atoms with Crippen molar-refractivity contribution in [2.24, 2.45) is 5.11 Å². The summed E-state index contributed by atoms with van der Waals surface area (Å²) >= 11 is 0. The third-order valence-corrected chi connectivity index (χ3v) is 2.81. The molecule has 0 aromatic heterocycles. The summed E-state index contributed by atoms with van der Waals surface area (Å²) in [5.41, 5.74) is 8.22. The normalized spacial score (nSPS) is 26.5. The Kier molecular flexibility index (Phi) is 2.68. The Morgan fingerprint density at radius 2 is 2.00 bits per heavy atom. The van der Waals surface area contributed by atoms with Crippen molar-refractivity contribution in [3.63, 3.8) is 0 Å². The molecule has 13 heavy (non-hydrogen) atoms. The molecule has 2 saturated heterocycles. The molecule has 72 valence electrons. The average Bonchev–Trinajstić information content (AvgIpc) is 2.12.